The van der Waals surface area contributed by atoms with Gasteiger partial charge in [-0.2, -0.15) is 0 Å². The summed E-state index contributed by atoms with van der Waals surface area (Å²) >= 11 is 0. The van der Waals surface area contributed by atoms with Gasteiger partial charge in [-0.1, -0.05) is 12.1 Å². The number of likely N-dealkylation sites (tertiary alicyclic amines) is 1. The number of H-pyrrole nitrogens is 1. The number of benzene rings is 1. The van der Waals surface area contributed by atoms with Gasteiger partial charge in [-0.05, 0) is 38.0 Å². The van der Waals surface area contributed by atoms with Crippen molar-refractivity contribution in [1.82, 2.24) is 14.9 Å². The summed E-state index contributed by atoms with van der Waals surface area (Å²) in [7, 11) is 1.58. The molecule has 8 nitrogen and oxygen atoms in total. The fourth-order valence-electron chi connectivity index (χ4n) is 3.61. The fraction of sp³-hybridized carbons (Fsp3) is 0.400. The summed E-state index contributed by atoms with van der Waals surface area (Å²) < 4.78 is 5.22. The van der Waals surface area contributed by atoms with Crippen LogP contribution < -0.4 is 16.0 Å². The summed E-state index contributed by atoms with van der Waals surface area (Å²) in [6.07, 6.45) is 0.372. The molecule has 1 aliphatic heterocycles. The van der Waals surface area contributed by atoms with Crippen molar-refractivity contribution < 1.29 is 14.3 Å². The fourth-order valence-corrected chi connectivity index (χ4v) is 3.61. The molecule has 0 bridgehead atoms. The molecule has 3 rings (SSSR count). The van der Waals surface area contributed by atoms with E-state index in [2.05, 4.69) is 9.97 Å². The Balaban J connectivity index is 1.71. The first-order valence-corrected chi connectivity index (χ1v) is 9.01. The van der Waals surface area contributed by atoms with Gasteiger partial charge in [0.2, 0.25) is 11.8 Å². The van der Waals surface area contributed by atoms with Crippen molar-refractivity contribution >= 4 is 11.8 Å². The zero-order valence-electron chi connectivity index (χ0n) is 16.2. The summed E-state index contributed by atoms with van der Waals surface area (Å²) in [6.45, 7) is 3.86. The number of aryl methyl sites for hydroxylation is 2. The topological polar surface area (TPSA) is 118 Å². The molecule has 28 heavy (non-hydrogen) atoms. The molecule has 0 atom stereocenters. The smallest absolute Gasteiger partial charge is 0.254 e. The molecule has 3 N–H and O–H groups in total. The zero-order chi connectivity index (χ0) is 20.5. The number of nitrogens with zero attached hydrogens (tertiary/aromatic N) is 2. The number of nitrogens with two attached hydrogens (primary N) is 1. The van der Waals surface area contributed by atoms with Gasteiger partial charge in [-0.25, -0.2) is 4.98 Å². The third kappa shape index (κ3) is 3.76. The van der Waals surface area contributed by atoms with Gasteiger partial charge in [-0.15, -0.1) is 0 Å². The Hall–Kier alpha value is -3.16. The monoisotopic (exact) mass is 384 g/mol. The molecular weight excluding hydrogens is 360 g/mol. The van der Waals surface area contributed by atoms with E-state index in [1.807, 2.05) is 24.3 Å². The maximum absolute atomic E-state index is 12.6. The lowest BCUT2D eigenvalue weighted by atomic mass is 9.74. The summed E-state index contributed by atoms with van der Waals surface area (Å²) in [5.74, 6) is 0.548. The van der Waals surface area contributed by atoms with Crippen molar-refractivity contribution in [3.05, 3.63) is 57.3 Å². The van der Waals surface area contributed by atoms with E-state index in [9.17, 15) is 14.4 Å². The van der Waals surface area contributed by atoms with Gasteiger partial charge in [-0.3, -0.25) is 14.4 Å². The molecule has 2 heterocycles. The largest absolute Gasteiger partial charge is 0.497 e. The van der Waals surface area contributed by atoms with E-state index < -0.39 is 11.3 Å². The quantitative estimate of drug-likeness (QED) is 0.752. The van der Waals surface area contributed by atoms with E-state index in [0.717, 1.165) is 5.56 Å². The Morgan fingerprint density at radius 2 is 2.04 bits per heavy atom. The van der Waals surface area contributed by atoms with Crippen LogP contribution in [0, 0.1) is 19.3 Å². The van der Waals surface area contributed by atoms with Crippen LogP contribution in [0.4, 0.5) is 0 Å². The average Bonchev–Trinajstić information content (AvgIpc) is 2.60. The van der Waals surface area contributed by atoms with Crippen LogP contribution in [0.5, 0.6) is 5.75 Å². The Morgan fingerprint density at radius 1 is 1.32 bits per heavy atom. The summed E-state index contributed by atoms with van der Waals surface area (Å²) in [6, 6.07) is 7.44. The van der Waals surface area contributed by atoms with E-state index in [-0.39, 0.29) is 31.0 Å². The molecule has 1 aromatic carbocycles. The Labute approximate surface area is 162 Å². The molecule has 2 amide bonds. The minimum Gasteiger partial charge on any atom is -0.497 e. The number of methoxy groups -OCH3 is 1. The number of aromatic nitrogens is 2. The van der Waals surface area contributed by atoms with Crippen molar-refractivity contribution in [2.45, 2.75) is 26.7 Å². The second-order valence-corrected chi connectivity index (χ2v) is 7.31. The van der Waals surface area contributed by atoms with Crippen molar-refractivity contribution in [2.75, 3.05) is 20.2 Å². The maximum Gasteiger partial charge on any atom is 0.254 e. The predicted octanol–water partition coefficient (Wildman–Crippen LogP) is 0.494. The van der Waals surface area contributed by atoms with Gasteiger partial charge in [0.05, 0.1) is 18.9 Å². The van der Waals surface area contributed by atoms with Crippen molar-refractivity contribution in [3.8, 4) is 5.75 Å². The molecule has 0 aliphatic carbocycles. The maximum atomic E-state index is 12.6. The van der Waals surface area contributed by atoms with Crippen molar-refractivity contribution in [2.24, 2.45) is 11.1 Å². The Morgan fingerprint density at radius 3 is 2.64 bits per heavy atom. The standard InChI is InChI=1S/C20H24N4O4/c1-12-16(18(26)23-13(2)22-12)8-17(25)24-10-20(11-24,19(21)27)9-14-5-4-6-15(7-14)28-3/h4-7H,8-11H2,1-3H3,(H2,21,27)(H,22,23,26). The lowest BCUT2D eigenvalue weighted by Crippen LogP contribution is -2.65. The minimum absolute atomic E-state index is 0.0531. The van der Waals surface area contributed by atoms with Gasteiger partial charge in [0.1, 0.15) is 11.6 Å². The normalized spacial score (nSPS) is 15.0. The number of ether oxygens (including phenoxy) is 1. The third-order valence-electron chi connectivity index (χ3n) is 5.21. The molecule has 1 aliphatic rings. The number of carbonyl (C=O) groups is 2. The molecule has 8 heteroatoms. The molecule has 0 saturated carbocycles. The number of hydrogen-bond donors (Lipinski definition) is 2. The summed E-state index contributed by atoms with van der Waals surface area (Å²) in [5, 5.41) is 0. The van der Waals surface area contributed by atoms with Gasteiger partial charge < -0.3 is 20.4 Å². The number of hydrogen-bond acceptors (Lipinski definition) is 5. The van der Waals surface area contributed by atoms with Crippen LogP contribution in [0.1, 0.15) is 22.6 Å². The molecule has 0 unspecified atom stereocenters. The van der Waals surface area contributed by atoms with Crippen LogP contribution in [0.2, 0.25) is 0 Å². The van der Waals surface area contributed by atoms with Gasteiger partial charge in [0, 0.05) is 24.3 Å². The van der Waals surface area contributed by atoms with Crippen LogP contribution in [0.25, 0.3) is 0 Å². The van der Waals surface area contributed by atoms with Crippen LogP contribution in [-0.2, 0) is 22.4 Å². The van der Waals surface area contributed by atoms with Crippen LogP contribution in [0.3, 0.4) is 0 Å². The van der Waals surface area contributed by atoms with Gasteiger partial charge in [0.15, 0.2) is 0 Å². The second kappa shape index (κ2) is 7.46. The number of carbonyl (C=O) groups excluding carboxylic acids is 2. The van der Waals surface area contributed by atoms with E-state index >= 15 is 0 Å². The first-order valence-electron chi connectivity index (χ1n) is 9.01. The number of aromatic amines is 1. The number of primary amides is 1. The van der Waals surface area contributed by atoms with E-state index in [1.54, 1.807) is 25.9 Å². The first-order chi connectivity index (χ1) is 13.2. The van der Waals surface area contributed by atoms with E-state index in [1.165, 1.54) is 0 Å². The number of nitrogens with one attached hydrogen (secondary N) is 1. The molecule has 0 radical (unpaired) electrons. The second-order valence-electron chi connectivity index (χ2n) is 7.31. The average molecular weight is 384 g/mol. The van der Waals surface area contributed by atoms with Crippen LogP contribution in [0.15, 0.2) is 29.1 Å². The van der Waals surface area contributed by atoms with Crippen LogP contribution in [-0.4, -0.2) is 46.9 Å². The number of rotatable bonds is 6. The summed E-state index contributed by atoms with van der Waals surface area (Å²) in [4.78, 5) is 45.2. The number of amides is 2. The zero-order valence-corrected chi connectivity index (χ0v) is 16.2. The Kier molecular flexibility index (Phi) is 5.22. The minimum atomic E-state index is -0.811. The molecule has 1 saturated heterocycles. The van der Waals surface area contributed by atoms with Gasteiger partial charge >= 0.3 is 0 Å². The van der Waals surface area contributed by atoms with Crippen molar-refractivity contribution in [1.29, 1.82) is 0 Å². The summed E-state index contributed by atoms with van der Waals surface area (Å²) in [5.41, 5.74) is 6.34. The van der Waals surface area contributed by atoms with Crippen molar-refractivity contribution in [3.63, 3.8) is 0 Å². The molecule has 0 spiro atoms. The molecular formula is C20H24N4O4. The molecule has 148 valence electrons. The SMILES string of the molecule is COc1cccc(CC2(C(N)=O)CN(C(=O)Cc3c(C)nc(C)[nH]c3=O)C2)c1. The first kappa shape index (κ1) is 19.6. The highest BCUT2D eigenvalue weighted by Gasteiger charge is 2.49. The molecule has 1 fully saturated rings. The van der Waals surface area contributed by atoms with E-state index in [4.69, 9.17) is 10.5 Å². The third-order valence-corrected chi connectivity index (χ3v) is 5.21. The van der Waals surface area contributed by atoms with Crippen LogP contribution >= 0.6 is 0 Å². The molecule has 1 aromatic heterocycles. The van der Waals surface area contributed by atoms with E-state index in [0.29, 0.717) is 29.3 Å². The highest BCUT2D eigenvalue weighted by atomic mass is 16.5. The predicted molar refractivity (Wildman–Crippen MR) is 103 cm³/mol. The molecule has 2 aromatic rings. The Bertz CT molecular complexity index is 976. The highest BCUT2D eigenvalue weighted by molar-refractivity contribution is 5.87. The lowest BCUT2D eigenvalue weighted by Gasteiger charge is -2.48. The highest BCUT2D eigenvalue weighted by Crippen LogP contribution is 2.35. The lowest BCUT2D eigenvalue weighted by molar-refractivity contribution is -0.151. The van der Waals surface area contributed by atoms with Gasteiger partial charge in [0.25, 0.3) is 5.56 Å².